The first-order chi connectivity index (χ1) is 18.9. The fraction of sp³-hybridized carbons (Fsp3) is 0.250. The molecule has 11 nitrogen and oxygen atoms in total. The lowest BCUT2D eigenvalue weighted by Gasteiger charge is -2.20. The van der Waals surface area contributed by atoms with Crippen molar-refractivity contribution in [3.05, 3.63) is 84.8 Å². The highest BCUT2D eigenvalue weighted by Crippen LogP contribution is 2.32. The summed E-state index contributed by atoms with van der Waals surface area (Å²) in [5, 5.41) is 8.32. The third-order valence-electron chi connectivity index (χ3n) is 5.66. The molecule has 0 aliphatic rings. The molecule has 2 aromatic carbocycles. The molecule has 1 atom stereocenters. The highest BCUT2D eigenvalue weighted by Gasteiger charge is 2.14. The van der Waals surface area contributed by atoms with Crippen molar-refractivity contribution in [3.8, 4) is 17.1 Å². The first-order valence-corrected chi connectivity index (χ1v) is 12.3. The van der Waals surface area contributed by atoms with Gasteiger partial charge in [-0.15, -0.1) is 0 Å². The standard InChI is InChI=1S/C28H31N5O6/c1-19(16-33(2)17-23-8-5-11-37-23)39-28(35)30-14-20-6-4-7-21(12-20)31-27(34)32-22-9-10-24(25(13-22)36-3)26-15-29-18-38-26/h4-13,15,18-19H,14,16-17H2,1-3H3,(H,30,35)(H2,31,32,34)/t19-/m0/s1. The number of anilines is 2. The van der Waals surface area contributed by atoms with Crippen LogP contribution in [0.15, 0.2) is 82.3 Å². The fourth-order valence-corrected chi connectivity index (χ4v) is 3.98. The molecule has 0 aliphatic heterocycles. The molecule has 4 rings (SSSR count). The van der Waals surface area contributed by atoms with Crippen LogP contribution in [-0.4, -0.2) is 48.8 Å². The number of carbonyl (C=O) groups excluding carboxylic acids is 2. The number of oxazole rings is 1. The molecule has 3 amide bonds. The smallest absolute Gasteiger partial charge is 0.407 e. The molecule has 39 heavy (non-hydrogen) atoms. The first-order valence-electron chi connectivity index (χ1n) is 12.3. The van der Waals surface area contributed by atoms with E-state index in [4.69, 9.17) is 18.3 Å². The number of nitrogens with zero attached hydrogens (tertiary/aromatic N) is 2. The molecule has 0 radical (unpaired) electrons. The zero-order chi connectivity index (χ0) is 27.6. The fourth-order valence-electron chi connectivity index (χ4n) is 3.98. The van der Waals surface area contributed by atoms with E-state index in [1.807, 2.05) is 37.1 Å². The summed E-state index contributed by atoms with van der Waals surface area (Å²) < 4.78 is 21.5. The lowest BCUT2D eigenvalue weighted by atomic mass is 10.1. The Morgan fingerprint density at radius 3 is 2.59 bits per heavy atom. The molecule has 0 fully saturated rings. The van der Waals surface area contributed by atoms with Crippen LogP contribution in [0.2, 0.25) is 0 Å². The maximum atomic E-state index is 12.6. The number of ether oxygens (including phenoxy) is 2. The number of alkyl carbamates (subject to hydrolysis) is 1. The van der Waals surface area contributed by atoms with Crippen LogP contribution in [0.4, 0.5) is 21.0 Å². The molecule has 11 heteroatoms. The van der Waals surface area contributed by atoms with Gasteiger partial charge in [0.2, 0.25) is 0 Å². The minimum Gasteiger partial charge on any atom is -0.496 e. The Morgan fingerprint density at radius 1 is 1.05 bits per heavy atom. The number of carbonyl (C=O) groups is 2. The van der Waals surface area contributed by atoms with Crippen LogP contribution in [-0.2, 0) is 17.8 Å². The molecule has 2 aromatic heterocycles. The summed E-state index contributed by atoms with van der Waals surface area (Å²) in [5.41, 5.74) is 2.62. The molecule has 0 unspecified atom stereocenters. The molecule has 0 aliphatic carbocycles. The van der Waals surface area contributed by atoms with E-state index in [1.165, 1.54) is 13.5 Å². The number of amides is 3. The van der Waals surface area contributed by atoms with E-state index in [0.29, 0.717) is 36.0 Å². The number of hydrogen-bond acceptors (Lipinski definition) is 8. The van der Waals surface area contributed by atoms with Gasteiger partial charge in [0.1, 0.15) is 17.6 Å². The lowest BCUT2D eigenvalue weighted by Crippen LogP contribution is -2.34. The van der Waals surface area contributed by atoms with Crippen molar-refractivity contribution in [2.75, 3.05) is 31.3 Å². The van der Waals surface area contributed by atoms with Crippen LogP contribution in [0, 0.1) is 0 Å². The van der Waals surface area contributed by atoms with Gasteiger partial charge < -0.3 is 34.3 Å². The number of nitrogens with one attached hydrogen (secondary N) is 3. The molecule has 0 bridgehead atoms. The molecule has 0 saturated heterocycles. The van der Waals surface area contributed by atoms with Gasteiger partial charge in [0.05, 0.1) is 31.7 Å². The monoisotopic (exact) mass is 533 g/mol. The summed E-state index contributed by atoms with van der Waals surface area (Å²) in [7, 11) is 3.47. The number of rotatable bonds is 11. The summed E-state index contributed by atoms with van der Waals surface area (Å²) in [5.74, 6) is 1.93. The van der Waals surface area contributed by atoms with Crippen molar-refractivity contribution in [1.29, 1.82) is 0 Å². The molecule has 204 valence electrons. The normalized spacial score (nSPS) is 11.6. The summed E-state index contributed by atoms with van der Waals surface area (Å²) in [6.45, 7) is 3.25. The lowest BCUT2D eigenvalue weighted by molar-refractivity contribution is 0.0827. The average Bonchev–Trinajstić information content (AvgIpc) is 3.62. The van der Waals surface area contributed by atoms with Crippen LogP contribution < -0.4 is 20.7 Å². The topological polar surface area (TPSA) is 131 Å². The maximum absolute atomic E-state index is 12.6. The van der Waals surface area contributed by atoms with E-state index in [9.17, 15) is 9.59 Å². The van der Waals surface area contributed by atoms with Crippen LogP contribution in [0.25, 0.3) is 11.3 Å². The predicted octanol–water partition coefficient (Wildman–Crippen LogP) is 5.33. The number of furan rings is 1. The first kappa shape index (κ1) is 27.3. The zero-order valence-electron chi connectivity index (χ0n) is 22.0. The van der Waals surface area contributed by atoms with Gasteiger partial charge in [0, 0.05) is 30.5 Å². The van der Waals surface area contributed by atoms with Gasteiger partial charge in [0.15, 0.2) is 12.2 Å². The van der Waals surface area contributed by atoms with Crippen molar-refractivity contribution >= 4 is 23.5 Å². The summed E-state index contributed by atoms with van der Waals surface area (Å²) >= 11 is 0. The zero-order valence-corrected chi connectivity index (χ0v) is 22.0. The van der Waals surface area contributed by atoms with Crippen LogP contribution in [0.3, 0.4) is 0 Å². The minimum absolute atomic E-state index is 0.241. The number of benzene rings is 2. The van der Waals surface area contributed by atoms with Crippen molar-refractivity contribution < 1.29 is 27.9 Å². The average molecular weight is 534 g/mol. The van der Waals surface area contributed by atoms with E-state index in [2.05, 4.69) is 20.9 Å². The van der Waals surface area contributed by atoms with E-state index < -0.39 is 12.1 Å². The van der Waals surface area contributed by atoms with Crippen LogP contribution in [0.1, 0.15) is 18.2 Å². The van der Waals surface area contributed by atoms with Gasteiger partial charge in [-0.1, -0.05) is 12.1 Å². The second-order valence-electron chi connectivity index (χ2n) is 8.91. The van der Waals surface area contributed by atoms with E-state index in [0.717, 1.165) is 16.9 Å². The Balaban J connectivity index is 1.24. The molecule has 4 aromatic rings. The van der Waals surface area contributed by atoms with Gasteiger partial charge in [-0.25, -0.2) is 14.6 Å². The number of hydrogen-bond donors (Lipinski definition) is 3. The Labute approximate surface area is 226 Å². The quantitative estimate of drug-likeness (QED) is 0.236. The maximum Gasteiger partial charge on any atom is 0.407 e. The highest BCUT2D eigenvalue weighted by atomic mass is 16.6. The molecule has 0 spiro atoms. The third kappa shape index (κ3) is 8.11. The van der Waals surface area contributed by atoms with Gasteiger partial charge in [-0.3, -0.25) is 4.90 Å². The molecule has 3 N–H and O–H groups in total. The Morgan fingerprint density at radius 2 is 1.87 bits per heavy atom. The number of methoxy groups -OCH3 is 1. The van der Waals surface area contributed by atoms with Crippen LogP contribution >= 0.6 is 0 Å². The molecular weight excluding hydrogens is 502 g/mol. The van der Waals surface area contributed by atoms with Gasteiger partial charge in [0.25, 0.3) is 0 Å². The molecular formula is C28H31N5O6. The number of urea groups is 1. The minimum atomic E-state index is -0.521. The second-order valence-corrected chi connectivity index (χ2v) is 8.91. The Hall–Kier alpha value is -4.77. The summed E-state index contributed by atoms with van der Waals surface area (Å²) in [6.07, 6.45) is 3.72. The molecule has 0 saturated carbocycles. The SMILES string of the molecule is COc1cc(NC(=O)Nc2cccc(CNC(=O)O[C@@H](C)CN(C)Cc3ccco3)c2)ccc1-c1cnco1. The summed E-state index contributed by atoms with van der Waals surface area (Å²) in [4.78, 5) is 30.8. The van der Waals surface area contributed by atoms with Crippen molar-refractivity contribution in [2.24, 2.45) is 0 Å². The Kier molecular flexibility index (Phi) is 9.20. The number of aromatic nitrogens is 1. The highest BCUT2D eigenvalue weighted by molar-refractivity contribution is 6.00. The van der Waals surface area contributed by atoms with E-state index >= 15 is 0 Å². The number of likely N-dealkylation sites (N-methyl/N-ethyl adjacent to an activating group) is 1. The van der Waals surface area contributed by atoms with Gasteiger partial charge in [-0.05, 0) is 55.9 Å². The van der Waals surface area contributed by atoms with Crippen molar-refractivity contribution in [1.82, 2.24) is 15.2 Å². The van der Waals surface area contributed by atoms with Gasteiger partial charge in [-0.2, -0.15) is 0 Å². The van der Waals surface area contributed by atoms with E-state index in [1.54, 1.807) is 48.9 Å². The van der Waals surface area contributed by atoms with Crippen LogP contribution in [0.5, 0.6) is 5.75 Å². The van der Waals surface area contributed by atoms with E-state index in [-0.39, 0.29) is 12.6 Å². The van der Waals surface area contributed by atoms with Crippen molar-refractivity contribution in [2.45, 2.75) is 26.1 Å². The summed E-state index contributed by atoms with van der Waals surface area (Å²) in [6, 6.07) is 15.7. The Bertz CT molecular complexity index is 1360. The van der Waals surface area contributed by atoms with Gasteiger partial charge >= 0.3 is 12.1 Å². The molecule has 2 heterocycles. The van der Waals surface area contributed by atoms with Crippen molar-refractivity contribution in [3.63, 3.8) is 0 Å². The largest absolute Gasteiger partial charge is 0.496 e. The predicted molar refractivity (Wildman–Crippen MR) is 145 cm³/mol. The second kappa shape index (κ2) is 13.2. The third-order valence-corrected chi connectivity index (χ3v) is 5.66.